The van der Waals surface area contributed by atoms with Crippen LogP contribution in [-0.4, -0.2) is 11.5 Å². The lowest BCUT2D eigenvalue weighted by atomic mass is 10.1. The molecular weight excluding hydrogens is 196 g/mol. The summed E-state index contributed by atoms with van der Waals surface area (Å²) in [6, 6.07) is 4.07. The summed E-state index contributed by atoms with van der Waals surface area (Å²) in [6.07, 6.45) is 0.824. The lowest BCUT2D eigenvalue weighted by molar-refractivity contribution is 0.978. The highest BCUT2D eigenvalue weighted by atomic mass is 32.1. The zero-order valence-corrected chi connectivity index (χ0v) is 8.78. The number of nitrogens with one attached hydrogen (secondary N) is 1. The van der Waals surface area contributed by atoms with Gasteiger partial charge < -0.3 is 10.7 Å². The molecule has 0 atom stereocenters. The van der Waals surface area contributed by atoms with Crippen molar-refractivity contribution in [2.24, 2.45) is 5.73 Å². The van der Waals surface area contributed by atoms with Crippen LogP contribution in [-0.2, 0) is 6.42 Å². The van der Waals surface area contributed by atoms with Crippen LogP contribution in [0.25, 0.3) is 10.2 Å². The Labute approximate surface area is 85.6 Å². The molecule has 14 heavy (non-hydrogen) atoms. The van der Waals surface area contributed by atoms with E-state index in [-0.39, 0.29) is 4.87 Å². The molecule has 3 N–H and O–H groups in total. The number of fused-ring (bicyclic) bond motifs is 1. The van der Waals surface area contributed by atoms with Crippen molar-refractivity contribution in [2.45, 2.75) is 13.3 Å². The van der Waals surface area contributed by atoms with Crippen molar-refractivity contribution < 1.29 is 0 Å². The van der Waals surface area contributed by atoms with Gasteiger partial charge >= 0.3 is 4.87 Å². The number of aromatic nitrogens is 1. The number of nitrogens with two attached hydrogens (primary N) is 1. The molecule has 0 spiro atoms. The SMILES string of the molecule is Cc1ccc(CCN)c2sc(=O)[nH]c12. The average molecular weight is 208 g/mol. The molecule has 1 aromatic heterocycles. The van der Waals surface area contributed by atoms with E-state index in [1.54, 1.807) is 0 Å². The molecule has 0 amide bonds. The maximum absolute atomic E-state index is 11.2. The minimum Gasteiger partial charge on any atom is -0.330 e. The summed E-state index contributed by atoms with van der Waals surface area (Å²) in [5, 5.41) is 0. The van der Waals surface area contributed by atoms with E-state index in [0.29, 0.717) is 6.54 Å². The topological polar surface area (TPSA) is 58.9 Å². The number of H-pyrrole nitrogens is 1. The third-order valence-electron chi connectivity index (χ3n) is 2.28. The highest BCUT2D eigenvalue weighted by Gasteiger charge is 2.06. The van der Waals surface area contributed by atoms with Gasteiger partial charge in [0.15, 0.2) is 0 Å². The molecule has 0 saturated heterocycles. The van der Waals surface area contributed by atoms with Gasteiger partial charge in [-0.1, -0.05) is 23.5 Å². The maximum Gasteiger partial charge on any atom is 0.305 e. The van der Waals surface area contributed by atoms with Crippen LogP contribution in [0.3, 0.4) is 0 Å². The number of rotatable bonds is 2. The summed E-state index contributed by atoms with van der Waals surface area (Å²) < 4.78 is 1.06. The van der Waals surface area contributed by atoms with Crippen LogP contribution in [0, 0.1) is 6.92 Å². The van der Waals surface area contributed by atoms with E-state index in [9.17, 15) is 4.79 Å². The Bertz CT molecular complexity index is 512. The highest BCUT2D eigenvalue weighted by Crippen LogP contribution is 2.22. The first kappa shape index (κ1) is 9.43. The predicted octanol–water partition coefficient (Wildman–Crippen LogP) is 1.40. The van der Waals surface area contributed by atoms with Crippen molar-refractivity contribution >= 4 is 21.6 Å². The van der Waals surface area contributed by atoms with E-state index < -0.39 is 0 Å². The Morgan fingerprint density at radius 3 is 3.00 bits per heavy atom. The summed E-state index contributed by atoms with van der Waals surface area (Å²) in [7, 11) is 0. The fourth-order valence-corrected chi connectivity index (χ4v) is 2.52. The van der Waals surface area contributed by atoms with Crippen LogP contribution < -0.4 is 10.6 Å². The van der Waals surface area contributed by atoms with E-state index in [4.69, 9.17) is 5.73 Å². The van der Waals surface area contributed by atoms with Crippen LogP contribution >= 0.6 is 11.3 Å². The van der Waals surface area contributed by atoms with Gasteiger partial charge in [-0.15, -0.1) is 0 Å². The fraction of sp³-hybridized carbons (Fsp3) is 0.300. The second-order valence-corrected chi connectivity index (χ2v) is 4.28. The van der Waals surface area contributed by atoms with E-state index in [1.807, 2.05) is 19.1 Å². The van der Waals surface area contributed by atoms with Gasteiger partial charge in [0.05, 0.1) is 10.2 Å². The molecule has 0 aliphatic rings. The minimum absolute atomic E-state index is 0.00701. The van der Waals surface area contributed by atoms with Crippen LogP contribution in [0.4, 0.5) is 0 Å². The van der Waals surface area contributed by atoms with Gasteiger partial charge in [0.25, 0.3) is 0 Å². The molecule has 2 rings (SSSR count). The Kier molecular flexibility index (Phi) is 2.39. The second kappa shape index (κ2) is 3.55. The normalized spacial score (nSPS) is 11.0. The van der Waals surface area contributed by atoms with Crippen LogP contribution in [0.5, 0.6) is 0 Å². The van der Waals surface area contributed by atoms with Crippen LogP contribution in [0.15, 0.2) is 16.9 Å². The number of aryl methyl sites for hydroxylation is 1. The Morgan fingerprint density at radius 2 is 2.29 bits per heavy atom. The molecular formula is C10H12N2OS. The summed E-state index contributed by atoms with van der Waals surface area (Å²) in [4.78, 5) is 14.1. The number of aromatic amines is 1. The number of hydrogen-bond donors (Lipinski definition) is 2. The largest absolute Gasteiger partial charge is 0.330 e. The molecule has 74 valence electrons. The molecule has 0 aliphatic carbocycles. The first-order valence-electron chi connectivity index (χ1n) is 4.53. The fourth-order valence-electron chi connectivity index (χ4n) is 1.57. The monoisotopic (exact) mass is 208 g/mol. The van der Waals surface area contributed by atoms with Gasteiger partial charge in [0.2, 0.25) is 0 Å². The summed E-state index contributed by atoms with van der Waals surface area (Å²) in [6.45, 7) is 2.61. The van der Waals surface area contributed by atoms with Crippen molar-refractivity contribution in [1.29, 1.82) is 0 Å². The van der Waals surface area contributed by atoms with E-state index in [0.717, 1.165) is 27.8 Å². The molecule has 0 unspecified atom stereocenters. The molecule has 0 fully saturated rings. The van der Waals surface area contributed by atoms with Crippen molar-refractivity contribution in [3.63, 3.8) is 0 Å². The molecule has 0 bridgehead atoms. The third-order valence-corrected chi connectivity index (χ3v) is 3.24. The van der Waals surface area contributed by atoms with Crippen molar-refractivity contribution in [3.05, 3.63) is 32.9 Å². The van der Waals surface area contributed by atoms with Gasteiger partial charge in [-0.2, -0.15) is 0 Å². The van der Waals surface area contributed by atoms with Gasteiger partial charge in [-0.05, 0) is 31.0 Å². The Hall–Kier alpha value is -1.13. The van der Waals surface area contributed by atoms with Crippen LogP contribution in [0.2, 0.25) is 0 Å². The predicted molar refractivity (Wildman–Crippen MR) is 59.9 cm³/mol. The quantitative estimate of drug-likeness (QED) is 0.783. The molecule has 0 radical (unpaired) electrons. The maximum atomic E-state index is 11.2. The van der Waals surface area contributed by atoms with Crippen molar-refractivity contribution in [1.82, 2.24) is 4.98 Å². The first-order valence-corrected chi connectivity index (χ1v) is 5.35. The molecule has 4 heteroatoms. The van der Waals surface area contributed by atoms with Gasteiger partial charge in [0, 0.05) is 0 Å². The number of benzene rings is 1. The van der Waals surface area contributed by atoms with Crippen molar-refractivity contribution in [3.8, 4) is 0 Å². The zero-order chi connectivity index (χ0) is 10.1. The van der Waals surface area contributed by atoms with Gasteiger partial charge in [0.1, 0.15) is 0 Å². The number of hydrogen-bond acceptors (Lipinski definition) is 3. The molecule has 0 aliphatic heterocycles. The lowest BCUT2D eigenvalue weighted by Gasteiger charge is -2.01. The molecule has 0 saturated carbocycles. The van der Waals surface area contributed by atoms with E-state index >= 15 is 0 Å². The summed E-state index contributed by atoms with van der Waals surface area (Å²) in [5.41, 5.74) is 8.75. The second-order valence-electron chi connectivity index (χ2n) is 3.30. The Balaban J connectivity index is 2.74. The van der Waals surface area contributed by atoms with Crippen LogP contribution in [0.1, 0.15) is 11.1 Å². The third kappa shape index (κ3) is 1.47. The van der Waals surface area contributed by atoms with Gasteiger partial charge in [-0.25, -0.2) is 0 Å². The smallest absolute Gasteiger partial charge is 0.305 e. The zero-order valence-electron chi connectivity index (χ0n) is 7.96. The standard InChI is InChI=1S/C10H12N2OS/c1-6-2-3-7(4-5-11)9-8(6)12-10(13)14-9/h2-3H,4-5,11H2,1H3,(H,12,13). The Morgan fingerprint density at radius 1 is 1.50 bits per heavy atom. The lowest BCUT2D eigenvalue weighted by Crippen LogP contribution is -2.02. The van der Waals surface area contributed by atoms with E-state index in [1.165, 1.54) is 11.3 Å². The minimum atomic E-state index is 0.00701. The van der Waals surface area contributed by atoms with Gasteiger partial charge in [-0.3, -0.25) is 4.79 Å². The molecule has 2 aromatic rings. The highest BCUT2D eigenvalue weighted by molar-refractivity contribution is 7.16. The summed E-state index contributed by atoms with van der Waals surface area (Å²) >= 11 is 1.27. The average Bonchev–Trinajstić information content (AvgIpc) is 2.53. The molecule has 1 heterocycles. The first-order chi connectivity index (χ1) is 6.72. The summed E-state index contributed by atoms with van der Waals surface area (Å²) in [5.74, 6) is 0. The number of thiazole rings is 1. The molecule has 3 nitrogen and oxygen atoms in total. The molecule has 1 aromatic carbocycles. The van der Waals surface area contributed by atoms with E-state index in [2.05, 4.69) is 4.98 Å². The van der Waals surface area contributed by atoms with Crippen molar-refractivity contribution in [2.75, 3.05) is 6.54 Å².